The third-order valence-corrected chi connectivity index (χ3v) is 4.75. The molecule has 0 aliphatic heterocycles. The van der Waals surface area contributed by atoms with Crippen molar-refractivity contribution < 1.29 is 9.59 Å². The molecule has 1 amide bonds. The zero-order valence-corrected chi connectivity index (χ0v) is 17.1. The van der Waals surface area contributed by atoms with Crippen LogP contribution in [0.4, 0.5) is 17.1 Å². The number of anilines is 3. The second-order valence-corrected chi connectivity index (χ2v) is 7.37. The highest BCUT2D eigenvalue weighted by Crippen LogP contribution is 2.28. The van der Waals surface area contributed by atoms with Crippen LogP contribution < -0.4 is 10.6 Å². The Balaban J connectivity index is 1.79. The van der Waals surface area contributed by atoms with Crippen molar-refractivity contribution in [2.75, 3.05) is 10.6 Å². The van der Waals surface area contributed by atoms with Crippen molar-refractivity contribution in [3.05, 3.63) is 83.2 Å². The molecule has 5 heteroatoms. The molecule has 2 N–H and O–H groups in total. The van der Waals surface area contributed by atoms with Gasteiger partial charge in [-0.1, -0.05) is 32.0 Å². The SMILES string of the molecule is CC(=O)c1ccc(Nc2cncc(C(=O)Nc3c(C)cccc3C(C)C)c2)cc1. The van der Waals surface area contributed by atoms with Crippen LogP contribution in [0.5, 0.6) is 0 Å². The number of nitrogens with one attached hydrogen (secondary N) is 2. The first-order valence-electron chi connectivity index (χ1n) is 9.59. The molecule has 5 nitrogen and oxygen atoms in total. The zero-order valence-electron chi connectivity index (χ0n) is 17.1. The van der Waals surface area contributed by atoms with Crippen molar-refractivity contribution >= 4 is 28.8 Å². The van der Waals surface area contributed by atoms with E-state index in [1.54, 1.807) is 30.6 Å². The van der Waals surface area contributed by atoms with Gasteiger partial charge < -0.3 is 10.6 Å². The van der Waals surface area contributed by atoms with Gasteiger partial charge in [-0.3, -0.25) is 14.6 Å². The molecule has 1 aromatic heterocycles. The van der Waals surface area contributed by atoms with Crippen LogP contribution in [0.25, 0.3) is 0 Å². The fourth-order valence-corrected chi connectivity index (χ4v) is 3.12. The monoisotopic (exact) mass is 387 g/mol. The molecule has 148 valence electrons. The first-order valence-corrected chi connectivity index (χ1v) is 9.59. The summed E-state index contributed by atoms with van der Waals surface area (Å²) in [5, 5.41) is 6.26. The van der Waals surface area contributed by atoms with E-state index in [1.807, 2.05) is 37.3 Å². The number of aromatic nitrogens is 1. The van der Waals surface area contributed by atoms with Gasteiger partial charge in [0.05, 0.1) is 17.4 Å². The van der Waals surface area contributed by atoms with Crippen molar-refractivity contribution in [2.24, 2.45) is 0 Å². The zero-order chi connectivity index (χ0) is 21.0. The number of amides is 1. The van der Waals surface area contributed by atoms with E-state index in [9.17, 15) is 9.59 Å². The Labute approximate surface area is 171 Å². The Bertz CT molecular complexity index is 1040. The molecule has 0 aliphatic carbocycles. The lowest BCUT2D eigenvalue weighted by molar-refractivity contribution is 0.101. The van der Waals surface area contributed by atoms with Gasteiger partial charge in [-0.05, 0) is 61.2 Å². The van der Waals surface area contributed by atoms with Gasteiger partial charge >= 0.3 is 0 Å². The van der Waals surface area contributed by atoms with Crippen LogP contribution in [-0.2, 0) is 0 Å². The van der Waals surface area contributed by atoms with Gasteiger partial charge in [0, 0.05) is 23.1 Å². The van der Waals surface area contributed by atoms with Crippen LogP contribution >= 0.6 is 0 Å². The summed E-state index contributed by atoms with van der Waals surface area (Å²) in [4.78, 5) is 28.4. The van der Waals surface area contributed by atoms with E-state index in [-0.39, 0.29) is 11.7 Å². The Morgan fingerprint density at radius 3 is 2.31 bits per heavy atom. The lowest BCUT2D eigenvalue weighted by Gasteiger charge is -2.16. The predicted octanol–water partition coefficient (Wildman–Crippen LogP) is 5.71. The van der Waals surface area contributed by atoms with E-state index in [0.29, 0.717) is 22.7 Å². The number of hydrogen-bond acceptors (Lipinski definition) is 4. The van der Waals surface area contributed by atoms with Gasteiger partial charge in [0.15, 0.2) is 5.78 Å². The molecule has 3 rings (SSSR count). The molecule has 2 aromatic carbocycles. The lowest BCUT2D eigenvalue weighted by atomic mass is 9.98. The first-order chi connectivity index (χ1) is 13.8. The molecule has 0 fully saturated rings. The number of pyridine rings is 1. The van der Waals surface area contributed by atoms with E-state index in [2.05, 4.69) is 29.5 Å². The van der Waals surface area contributed by atoms with Crippen molar-refractivity contribution in [1.29, 1.82) is 0 Å². The third kappa shape index (κ3) is 4.88. The number of para-hydroxylation sites is 1. The minimum absolute atomic E-state index is 0.0221. The van der Waals surface area contributed by atoms with Crippen LogP contribution in [0.15, 0.2) is 60.9 Å². The molecule has 1 heterocycles. The van der Waals surface area contributed by atoms with E-state index in [1.165, 1.54) is 6.92 Å². The Morgan fingerprint density at radius 1 is 0.931 bits per heavy atom. The lowest BCUT2D eigenvalue weighted by Crippen LogP contribution is -2.15. The number of benzene rings is 2. The predicted molar refractivity (Wildman–Crippen MR) is 117 cm³/mol. The topological polar surface area (TPSA) is 71.1 Å². The minimum Gasteiger partial charge on any atom is -0.354 e. The molecular weight excluding hydrogens is 362 g/mol. The molecule has 0 bridgehead atoms. The largest absolute Gasteiger partial charge is 0.354 e. The molecule has 0 saturated carbocycles. The van der Waals surface area contributed by atoms with Crippen molar-refractivity contribution in [2.45, 2.75) is 33.6 Å². The fraction of sp³-hybridized carbons (Fsp3) is 0.208. The summed E-state index contributed by atoms with van der Waals surface area (Å²) in [6.45, 7) is 7.73. The van der Waals surface area contributed by atoms with Crippen molar-refractivity contribution in [3.63, 3.8) is 0 Å². The highest BCUT2D eigenvalue weighted by molar-refractivity contribution is 6.05. The summed E-state index contributed by atoms with van der Waals surface area (Å²) in [7, 11) is 0. The van der Waals surface area contributed by atoms with Crippen molar-refractivity contribution in [1.82, 2.24) is 4.98 Å². The number of rotatable bonds is 6. The first kappa shape index (κ1) is 20.3. The molecule has 0 aliphatic rings. The molecule has 0 unspecified atom stereocenters. The van der Waals surface area contributed by atoms with Crippen LogP contribution in [0.2, 0.25) is 0 Å². The van der Waals surface area contributed by atoms with Crippen LogP contribution in [0.3, 0.4) is 0 Å². The smallest absolute Gasteiger partial charge is 0.257 e. The number of Topliss-reactive ketones (excluding diaryl/α,β-unsaturated/α-hetero) is 1. The minimum atomic E-state index is -0.204. The highest BCUT2D eigenvalue weighted by atomic mass is 16.1. The molecule has 0 spiro atoms. The summed E-state index contributed by atoms with van der Waals surface area (Å²) in [6, 6.07) is 15.0. The van der Waals surface area contributed by atoms with Crippen molar-refractivity contribution in [3.8, 4) is 0 Å². The maximum absolute atomic E-state index is 12.8. The van der Waals surface area contributed by atoms with Gasteiger partial charge in [-0.25, -0.2) is 0 Å². The summed E-state index contributed by atoms with van der Waals surface area (Å²) < 4.78 is 0. The van der Waals surface area contributed by atoms with Gasteiger partial charge in [0.1, 0.15) is 0 Å². The second-order valence-electron chi connectivity index (χ2n) is 7.37. The van der Waals surface area contributed by atoms with Crippen LogP contribution in [0.1, 0.15) is 58.5 Å². The number of nitrogens with zero attached hydrogens (tertiary/aromatic N) is 1. The van der Waals surface area contributed by atoms with Crippen LogP contribution in [0, 0.1) is 6.92 Å². The third-order valence-electron chi connectivity index (χ3n) is 4.75. The van der Waals surface area contributed by atoms with E-state index in [4.69, 9.17) is 0 Å². The summed E-state index contributed by atoms with van der Waals surface area (Å²) >= 11 is 0. The standard InChI is InChI=1S/C24H25N3O2/c1-15(2)22-7-5-6-16(3)23(22)27-24(29)19-12-21(14-25-13-19)26-20-10-8-18(9-11-20)17(4)28/h5-15,26H,1-4H3,(H,27,29). The number of aryl methyl sites for hydroxylation is 1. The molecule has 0 atom stereocenters. The Morgan fingerprint density at radius 2 is 1.66 bits per heavy atom. The van der Waals surface area contributed by atoms with E-state index in [0.717, 1.165) is 22.5 Å². The Hall–Kier alpha value is -3.47. The number of hydrogen-bond donors (Lipinski definition) is 2. The quantitative estimate of drug-likeness (QED) is 0.531. The molecule has 29 heavy (non-hydrogen) atoms. The van der Waals surface area contributed by atoms with E-state index < -0.39 is 0 Å². The van der Waals surface area contributed by atoms with Gasteiger partial charge in [-0.2, -0.15) is 0 Å². The van der Waals surface area contributed by atoms with Gasteiger partial charge in [0.25, 0.3) is 5.91 Å². The normalized spacial score (nSPS) is 10.7. The van der Waals surface area contributed by atoms with Crippen LogP contribution in [-0.4, -0.2) is 16.7 Å². The van der Waals surface area contributed by atoms with Gasteiger partial charge in [0.2, 0.25) is 0 Å². The molecule has 3 aromatic rings. The second kappa shape index (κ2) is 8.69. The molecular formula is C24H25N3O2. The molecule has 0 radical (unpaired) electrons. The van der Waals surface area contributed by atoms with Gasteiger partial charge in [-0.15, -0.1) is 0 Å². The number of carbonyl (C=O) groups excluding carboxylic acids is 2. The fourth-order valence-electron chi connectivity index (χ4n) is 3.12. The average molecular weight is 387 g/mol. The Kier molecular flexibility index (Phi) is 6.07. The maximum Gasteiger partial charge on any atom is 0.257 e. The summed E-state index contributed by atoms with van der Waals surface area (Å²) in [6.07, 6.45) is 3.20. The summed E-state index contributed by atoms with van der Waals surface area (Å²) in [5.74, 6) is 0.118. The maximum atomic E-state index is 12.8. The van der Waals surface area contributed by atoms with E-state index >= 15 is 0 Å². The number of ketones is 1. The highest BCUT2D eigenvalue weighted by Gasteiger charge is 2.14. The molecule has 0 saturated heterocycles. The summed E-state index contributed by atoms with van der Waals surface area (Å²) in [5.41, 5.74) is 5.61. The number of carbonyl (C=O) groups is 2. The average Bonchev–Trinajstić information content (AvgIpc) is 2.70.